The predicted molar refractivity (Wildman–Crippen MR) is 60.6 cm³/mol. The van der Waals surface area contributed by atoms with Crippen LogP contribution in [0.15, 0.2) is 0 Å². The van der Waals surface area contributed by atoms with E-state index in [0.29, 0.717) is 0 Å². The molecule has 0 spiro atoms. The quantitative estimate of drug-likeness (QED) is 0.597. The number of sulfone groups is 1. The summed E-state index contributed by atoms with van der Waals surface area (Å²) >= 11 is 0. The zero-order chi connectivity index (χ0) is 13.6. The summed E-state index contributed by atoms with van der Waals surface area (Å²) in [6.07, 6.45) is 0. The van der Waals surface area contributed by atoms with Crippen molar-refractivity contribution in [1.29, 1.82) is 0 Å². The lowest BCUT2D eigenvalue weighted by molar-refractivity contribution is -0.141. The van der Waals surface area contributed by atoms with Crippen molar-refractivity contribution in [3.8, 4) is 0 Å². The van der Waals surface area contributed by atoms with Crippen LogP contribution >= 0.6 is 0 Å². The lowest BCUT2D eigenvalue weighted by Crippen LogP contribution is -2.38. The maximum Gasteiger partial charge on any atom is 0.317 e. The molecule has 0 radical (unpaired) electrons. The van der Waals surface area contributed by atoms with Crippen LogP contribution in [0.1, 0.15) is 13.8 Å². The third kappa shape index (κ3) is 6.90. The molecule has 0 amide bonds. The van der Waals surface area contributed by atoms with Crippen LogP contribution in [0, 0.1) is 0 Å². The van der Waals surface area contributed by atoms with Crippen LogP contribution in [0.4, 0.5) is 0 Å². The lowest BCUT2D eigenvalue weighted by Gasteiger charge is -2.18. The maximum atomic E-state index is 11.5. The first-order valence-corrected chi connectivity index (χ1v) is 6.74. The van der Waals surface area contributed by atoms with Gasteiger partial charge in [0.1, 0.15) is 0 Å². The summed E-state index contributed by atoms with van der Waals surface area (Å²) in [5, 5.41) is 16.5. The highest BCUT2D eigenvalue weighted by atomic mass is 32.2. The molecule has 0 bridgehead atoms. The van der Waals surface area contributed by atoms with Crippen molar-refractivity contribution < 1.29 is 28.2 Å². The molecule has 0 saturated carbocycles. The van der Waals surface area contributed by atoms with E-state index in [4.69, 9.17) is 10.2 Å². The largest absolute Gasteiger partial charge is 0.480 e. The monoisotopic (exact) mass is 267 g/mol. The first kappa shape index (κ1) is 15.9. The van der Waals surface area contributed by atoms with Crippen LogP contribution in [0.5, 0.6) is 0 Å². The van der Waals surface area contributed by atoms with Crippen LogP contribution < -0.4 is 0 Å². The normalized spacial score (nSPS) is 12.0. The van der Waals surface area contributed by atoms with Crippen LogP contribution in [-0.4, -0.2) is 66.1 Å². The van der Waals surface area contributed by atoms with Crippen molar-refractivity contribution in [2.45, 2.75) is 19.1 Å². The Labute approximate surface area is 100.0 Å². The van der Waals surface area contributed by atoms with Crippen LogP contribution in [0.25, 0.3) is 0 Å². The second-order valence-electron chi connectivity index (χ2n) is 3.91. The fourth-order valence-electron chi connectivity index (χ4n) is 1.09. The summed E-state index contributed by atoms with van der Waals surface area (Å²) in [5.41, 5.74) is 0. The van der Waals surface area contributed by atoms with Crippen LogP contribution in [0.2, 0.25) is 0 Å². The average Bonchev–Trinajstić information content (AvgIpc) is 2.12. The van der Waals surface area contributed by atoms with E-state index in [9.17, 15) is 18.0 Å². The van der Waals surface area contributed by atoms with Gasteiger partial charge < -0.3 is 10.2 Å². The van der Waals surface area contributed by atoms with E-state index in [2.05, 4.69) is 0 Å². The van der Waals surface area contributed by atoms with Gasteiger partial charge in [-0.15, -0.1) is 0 Å². The van der Waals surface area contributed by atoms with Crippen molar-refractivity contribution >= 4 is 21.8 Å². The van der Waals surface area contributed by atoms with E-state index < -0.39 is 40.1 Å². The molecule has 2 N–H and O–H groups in total. The highest BCUT2D eigenvalue weighted by molar-refractivity contribution is 7.92. The van der Waals surface area contributed by atoms with E-state index in [0.717, 1.165) is 4.90 Å². The molecule has 0 aliphatic rings. The first-order chi connectivity index (χ1) is 7.65. The van der Waals surface area contributed by atoms with Crippen LogP contribution in [-0.2, 0) is 19.4 Å². The second kappa shape index (κ2) is 6.55. The second-order valence-corrected chi connectivity index (χ2v) is 6.59. The van der Waals surface area contributed by atoms with Gasteiger partial charge in [0.2, 0.25) is 0 Å². The SMILES string of the molecule is CC(C)S(=O)(=O)CCN(CC(=O)O)CC(=O)O. The Balaban J connectivity index is 4.45. The number of hydrogen-bond donors (Lipinski definition) is 2. The molecule has 0 unspecified atom stereocenters. The standard InChI is InChI=1S/C9H17NO6S/c1-7(2)17(15,16)4-3-10(5-8(11)12)6-9(13)14/h7H,3-6H2,1-2H3,(H,11,12)(H,13,14). The van der Waals surface area contributed by atoms with Gasteiger partial charge in [-0.2, -0.15) is 0 Å². The molecule has 0 aliphatic carbocycles. The van der Waals surface area contributed by atoms with Gasteiger partial charge in [0, 0.05) is 6.54 Å². The number of carboxylic acids is 2. The summed E-state index contributed by atoms with van der Waals surface area (Å²) < 4.78 is 23.0. The van der Waals surface area contributed by atoms with E-state index in [1.54, 1.807) is 0 Å². The zero-order valence-corrected chi connectivity index (χ0v) is 10.6. The van der Waals surface area contributed by atoms with Gasteiger partial charge in [-0.3, -0.25) is 14.5 Å². The molecule has 7 nitrogen and oxygen atoms in total. The third-order valence-corrected chi connectivity index (χ3v) is 4.32. The van der Waals surface area contributed by atoms with Gasteiger partial charge in [-0.05, 0) is 13.8 Å². The van der Waals surface area contributed by atoms with Crippen LogP contribution in [0.3, 0.4) is 0 Å². The Morgan fingerprint density at radius 3 is 1.82 bits per heavy atom. The molecule has 0 rings (SSSR count). The Hall–Kier alpha value is -1.15. The van der Waals surface area contributed by atoms with Crippen molar-refractivity contribution in [3.05, 3.63) is 0 Å². The molecule has 0 fully saturated rings. The number of aliphatic carboxylic acids is 2. The molecular weight excluding hydrogens is 250 g/mol. The highest BCUT2D eigenvalue weighted by Crippen LogP contribution is 2.01. The summed E-state index contributed by atoms with van der Waals surface area (Å²) in [6.45, 7) is 1.97. The molecule has 8 heteroatoms. The fourth-order valence-corrected chi connectivity index (χ4v) is 2.07. The Kier molecular flexibility index (Phi) is 6.11. The van der Waals surface area contributed by atoms with Crippen molar-refractivity contribution in [2.75, 3.05) is 25.4 Å². The molecule has 0 atom stereocenters. The third-order valence-electron chi connectivity index (χ3n) is 2.13. The smallest absolute Gasteiger partial charge is 0.317 e. The maximum absolute atomic E-state index is 11.5. The van der Waals surface area contributed by atoms with Crippen molar-refractivity contribution in [2.24, 2.45) is 0 Å². The Morgan fingerprint density at radius 1 is 1.12 bits per heavy atom. The molecule has 0 aromatic carbocycles. The number of carbonyl (C=O) groups is 2. The summed E-state index contributed by atoms with van der Waals surface area (Å²) in [4.78, 5) is 22.0. The molecule has 0 aromatic rings. The van der Waals surface area contributed by atoms with Gasteiger partial charge in [-0.1, -0.05) is 0 Å². The highest BCUT2D eigenvalue weighted by Gasteiger charge is 2.20. The van der Waals surface area contributed by atoms with E-state index in [1.807, 2.05) is 0 Å². The predicted octanol–water partition coefficient (Wildman–Crippen LogP) is -0.719. The summed E-state index contributed by atoms with van der Waals surface area (Å²) in [5.74, 6) is -2.62. The molecule has 0 aliphatic heterocycles. The number of nitrogens with zero attached hydrogens (tertiary/aromatic N) is 1. The van der Waals surface area contributed by atoms with Crippen molar-refractivity contribution in [1.82, 2.24) is 4.90 Å². The number of rotatable bonds is 8. The number of hydrogen-bond acceptors (Lipinski definition) is 5. The minimum atomic E-state index is -3.29. The molecule has 17 heavy (non-hydrogen) atoms. The Morgan fingerprint density at radius 2 is 1.53 bits per heavy atom. The average molecular weight is 267 g/mol. The molecule has 0 aromatic heterocycles. The lowest BCUT2D eigenvalue weighted by atomic mass is 10.4. The van der Waals surface area contributed by atoms with E-state index in [-0.39, 0.29) is 12.3 Å². The zero-order valence-electron chi connectivity index (χ0n) is 9.79. The Bertz CT molecular complexity index is 359. The molecule has 100 valence electrons. The number of carboxylic acid groups (broad SMARTS) is 2. The van der Waals surface area contributed by atoms with E-state index >= 15 is 0 Å². The van der Waals surface area contributed by atoms with Gasteiger partial charge in [0.05, 0.1) is 24.1 Å². The minimum Gasteiger partial charge on any atom is -0.480 e. The minimum absolute atomic E-state index is 0.0981. The summed E-state index contributed by atoms with van der Waals surface area (Å²) in [7, 11) is -3.29. The molecule has 0 heterocycles. The van der Waals surface area contributed by atoms with E-state index in [1.165, 1.54) is 13.8 Å². The topological polar surface area (TPSA) is 112 Å². The summed E-state index contributed by atoms with van der Waals surface area (Å²) in [6, 6.07) is 0. The van der Waals surface area contributed by atoms with Gasteiger partial charge >= 0.3 is 11.9 Å². The first-order valence-electron chi connectivity index (χ1n) is 5.02. The molecular formula is C9H17NO6S. The fraction of sp³-hybridized carbons (Fsp3) is 0.778. The molecule has 0 saturated heterocycles. The van der Waals surface area contributed by atoms with Gasteiger partial charge in [-0.25, -0.2) is 8.42 Å². The van der Waals surface area contributed by atoms with Gasteiger partial charge in [0.15, 0.2) is 9.84 Å². The van der Waals surface area contributed by atoms with Gasteiger partial charge in [0.25, 0.3) is 0 Å². The van der Waals surface area contributed by atoms with Crippen molar-refractivity contribution in [3.63, 3.8) is 0 Å².